The molecule has 4 heterocycles. The number of carbonyl (C=O) groups excluding carboxylic acids is 1. The summed E-state index contributed by atoms with van der Waals surface area (Å²) in [6.45, 7) is 4.87. The summed E-state index contributed by atoms with van der Waals surface area (Å²) in [6.07, 6.45) is 6.11. The minimum Gasteiger partial charge on any atom is -0.493 e. The van der Waals surface area contributed by atoms with Gasteiger partial charge in [0.05, 0.1) is 40.6 Å². The Morgan fingerprint density at radius 2 is 1.72 bits per heavy atom. The predicted molar refractivity (Wildman–Crippen MR) is 205 cm³/mol. The van der Waals surface area contributed by atoms with Crippen LogP contribution in [0.2, 0.25) is 0 Å². The van der Waals surface area contributed by atoms with E-state index in [-0.39, 0.29) is 59.1 Å². The number of nitrogens with zero attached hydrogens (tertiary/aromatic N) is 2. The molecule has 0 aliphatic carbocycles. The lowest BCUT2D eigenvalue weighted by molar-refractivity contribution is -0.101. The highest BCUT2D eigenvalue weighted by Gasteiger charge is 2.21. The van der Waals surface area contributed by atoms with Crippen LogP contribution in [0.4, 0.5) is 5.82 Å². The number of hydrogen-bond acceptors (Lipinski definition) is 9. The Labute approximate surface area is 317 Å². The number of hydrogen-bond donors (Lipinski definition) is 1. The molecule has 0 amide bonds. The highest BCUT2D eigenvalue weighted by atomic mass is 16.6. The number of nitrogen functional groups attached to an aromatic ring is 1. The van der Waals surface area contributed by atoms with Gasteiger partial charge in [0, 0.05) is 61.5 Å². The highest BCUT2D eigenvalue weighted by molar-refractivity contribution is 5.98. The van der Waals surface area contributed by atoms with Gasteiger partial charge in [-0.3, -0.25) is 9.59 Å². The van der Waals surface area contributed by atoms with Gasteiger partial charge in [-0.05, 0) is 66.1 Å². The van der Waals surface area contributed by atoms with Gasteiger partial charge in [-0.1, -0.05) is 60.1 Å². The molecule has 7 rings (SSSR count). The smallest absolute Gasteiger partial charge is 0.200 e. The standard InChI is InChI=1S/C43H45N3O7/c1-28-3-7-32(8-4-28)37-24-46(23-30-13-15-50-16-14-30)25-38(42(37)48)39(47)19-29-5-9-31(10-6-29)36-20-34(22-45-43(36)44)33-11-12-40(41(21-33)49-2)53-27-35-26-51-17-18-52-35/h3-12,20-22,24-25,30,35H,13-19,23,26-27H2,1-2H3,(H2,44,45)/t35-/m1/s1/i2D3,11D,12D,21D. The summed E-state index contributed by atoms with van der Waals surface area (Å²) in [7, 11) is -3.00. The number of nitrogens with two attached hydrogens (primary N) is 1. The van der Waals surface area contributed by atoms with E-state index in [0.717, 1.165) is 24.0 Å². The van der Waals surface area contributed by atoms with Crippen molar-refractivity contribution in [3.05, 3.63) is 118 Å². The van der Waals surface area contributed by atoms with Gasteiger partial charge in [-0.2, -0.15) is 0 Å². The van der Waals surface area contributed by atoms with Gasteiger partial charge in [-0.15, -0.1) is 0 Å². The molecule has 2 aromatic heterocycles. The summed E-state index contributed by atoms with van der Waals surface area (Å²) in [4.78, 5) is 32.1. The molecular weight excluding hydrogens is 670 g/mol. The van der Waals surface area contributed by atoms with Crippen molar-refractivity contribution in [2.45, 2.75) is 38.8 Å². The Balaban J connectivity index is 1.16. The molecule has 0 bridgehead atoms. The van der Waals surface area contributed by atoms with Crippen LogP contribution >= 0.6 is 0 Å². The van der Waals surface area contributed by atoms with Crippen molar-refractivity contribution in [3.8, 4) is 44.9 Å². The van der Waals surface area contributed by atoms with Crippen molar-refractivity contribution >= 4 is 11.6 Å². The number of ketones is 1. The number of pyridine rings is 2. The molecule has 2 fully saturated rings. The minimum atomic E-state index is -3.00. The molecule has 0 saturated carbocycles. The first-order chi connectivity index (χ1) is 28.3. The largest absolute Gasteiger partial charge is 0.493 e. The fraction of sp³-hybridized carbons (Fsp3) is 0.326. The lowest BCUT2D eigenvalue weighted by atomic mass is 9.96. The number of Topliss-reactive ketones (excluding diaryl/α,β-unsaturated/α-hetero) is 1. The van der Waals surface area contributed by atoms with Crippen molar-refractivity contribution in [3.63, 3.8) is 0 Å². The van der Waals surface area contributed by atoms with Gasteiger partial charge >= 0.3 is 0 Å². The zero-order valence-corrected chi connectivity index (χ0v) is 29.5. The monoisotopic (exact) mass is 721 g/mol. The van der Waals surface area contributed by atoms with E-state index in [2.05, 4.69) is 4.98 Å². The van der Waals surface area contributed by atoms with E-state index in [1.807, 2.05) is 42.0 Å². The van der Waals surface area contributed by atoms with Gasteiger partial charge in [0.2, 0.25) is 0 Å². The van der Waals surface area contributed by atoms with E-state index >= 15 is 0 Å². The van der Waals surface area contributed by atoms with Gasteiger partial charge in [0.1, 0.15) is 18.5 Å². The van der Waals surface area contributed by atoms with E-state index < -0.39 is 37.0 Å². The van der Waals surface area contributed by atoms with E-state index in [4.69, 9.17) is 37.6 Å². The van der Waals surface area contributed by atoms with Crippen LogP contribution in [0.3, 0.4) is 0 Å². The van der Waals surface area contributed by atoms with Crippen molar-refractivity contribution in [2.24, 2.45) is 5.92 Å². The number of carbonyl (C=O) groups is 1. The van der Waals surface area contributed by atoms with Crippen molar-refractivity contribution in [2.75, 3.05) is 52.4 Å². The number of methoxy groups -OCH3 is 1. The number of ether oxygens (including phenoxy) is 5. The molecule has 2 aliphatic heterocycles. The first-order valence-electron chi connectivity index (χ1n) is 20.7. The maximum atomic E-state index is 13.9. The van der Waals surface area contributed by atoms with Crippen LogP contribution < -0.4 is 20.6 Å². The molecule has 0 spiro atoms. The third-order valence-corrected chi connectivity index (χ3v) is 9.54. The molecule has 2 aliphatic rings. The van der Waals surface area contributed by atoms with Crippen molar-refractivity contribution in [1.29, 1.82) is 0 Å². The van der Waals surface area contributed by atoms with Crippen LogP contribution in [0, 0.1) is 12.8 Å². The lowest BCUT2D eigenvalue weighted by Gasteiger charge is -2.23. The van der Waals surface area contributed by atoms with E-state index in [1.165, 1.54) is 6.20 Å². The van der Waals surface area contributed by atoms with E-state index in [9.17, 15) is 9.59 Å². The quantitative estimate of drug-likeness (QED) is 0.139. The average Bonchev–Trinajstić information content (AvgIpc) is 3.22. The summed E-state index contributed by atoms with van der Waals surface area (Å²) in [6, 6.07) is 14.9. The summed E-state index contributed by atoms with van der Waals surface area (Å²) < 4.78 is 79.3. The molecule has 2 saturated heterocycles. The summed E-state index contributed by atoms with van der Waals surface area (Å²) in [5.74, 6) is -0.719. The molecule has 1 atom stereocenters. The van der Waals surface area contributed by atoms with Gasteiger partial charge < -0.3 is 34.0 Å². The topological polar surface area (TPSA) is 124 Å². The zero-order valence-electron chi connectivity index (χ0n) is 35.5. The molecule has 2 N–H and O–H groups in total. The van der Waals surface area contributed by atoms with E-state index in [0.29, 0.717) is 61.1 Å². The van der Waals surface area contributed by atoms with Crippen LogP contribution in [-0.2, 0) is 27.2 Å². The Morgan fingerprint density at radius 3 is 2.47 bits per heavy atom. The number of anilines is 1. The normalized spacial score (nSPS) is 18.2. The van der Waals surface area contributed by atoms with Gasteiger partial charge in [-0.25, -0.2) is 4.98 Å². The molecule has 0 unspecified atom stereocenters. The second-order valence-corrected chi connectivity index (χ2v) is 13.4. The van der Waals surface area contributed by atoms with Crippen LogP contribution in [0.15, 0.2) is 96.1 Å². The summed E-state index contributed by atoms with van der Waals surface area (Å²) in [5.41, 5.74) is 10.2. The SMILES string of the molecule is [2H]c1c([2H])c(-c2cnc(N)c(-c3ccc(CC(=O)c4cn(CC5CCOCC5)cc(-c5ccc(C)cc5)c4=O)cc3)c2)c([2H])c(OC([2H])([2H])[2H])c1OC[C@H]1COCCO1. The summed E-state index contributed by atoms with van der Waals surface area (Å²) >= 11 is 0. The fourth-order valence-electron chi connectivity index (χ4n) is 6.53. The predicted octanol–water partition coefficient (Wildman–Crippen LogP) is 6.79. The van der Waals surface area contributed by atoms with Gasteiger partial charge in [0.25, 0.3) is 0 Å². The van der Waals surface area contributed by atoms with Crippen molar-refractivity contribution < 1.29 is 36.7 Å². The maximum absolute atomic E-state index is 13.9. The Kier molecular flexibility index (Phi) is 9.14. The second-order valence-electron chi connectivity index (χ2n) is 13.4. The Hall–Kier alpha value is -5.29. The van der Waals surface area contributed by atoms with Gasteiger partial charge in [0.15, 0.2) is 22.7 Å². The molecule has 0 radical (unpaired) electrons. The molecule has 5 aromatic rings. The number of rotatable bonds is 12. The van der Waals surface area contributed by atoms with Crippen LogP contribution in [-0.4, -0.2) is 68.1 Å². The van der Waals surface area contributed by atoms with Crippen LogP contribution in [0.5, 0.6) is 11.5 Å². The molecule has 10 heteroatoms. The molecule has 274 valence electrons. The molecular formula is C43H45N3O7. The fourth-order valence-corrected chi connectivity index (χ4v) is 6.53. The molecule has 3 aromatic carbocycles. The number of benzene rings is 3. The first-order valence-corrected chi connectivity index (χ1v) is 17.7. The number of aryl methyl sites for hydroxylation is 1. The molecule has 10 nitrogen and oxygen atoms in total. The Bertz CT molecular complexity index is 2370. The highest BCUT2D eigenvalue weighted by Crippen LogP contribution is 2.35. The number of aromatic nitrogens is 2. The maximum Gasteiger partial charge on any atom is 0.200 e. The van der Waals surface area contributed by atoms with Crippen LogP contribution in [0.25, 0.3) is 33.4 Å². The second kappa shape index (κ2) is 16.6. The van der Waals surface area contributed by atoms with Crippen molar-refractivity contribution in [1.82, 2.24) is 9.55 Å². The van der Waals surface area contributed by atoms with E-state index in [1.54, 1.807) is 36.5 Å². The third-order valence-electron chi connectivity index (χ3n) is 9.54. The minimum absolute atomic E-state index is 0.0326. The zero-order chi connectivity index (χ0) is 41.8. The third kappa shape index (κ3) is 8.68. The average molecular weight is 722 g/mol. The Morgan fingerprint density at radius 1 is 0.943 bits per heavy atom. The van der Waals surface area contributed by atoms with Crippen LogP contribution in [0.1, 0.15) is 42.6 Å². The first kappa shape index (κ1) is 29.2. The lowest BCUT2D eigenvalue weighted by Crippen LogP contribution is -2.33. The molecule has 53 heavy (non-hydrogen) atoms. The summed E-state index contributed by atoms with van der Waals surface area (Å²) in [5, 5.41) is 0.